The van der Waals surface area contributed by atoms with Gasteiger partial charge in [-0.3, -0.25) is 4.79 Å². The van der Waals surface area contributed by atoms with Gasteiger partial charge in [0.1, 0.15) is 11.6 Å². The number of hydrogen-bond donors (Lipinski definition) is 2. The number of carbonyl (C=O) groups is 2. The van der Waals surface area contributed by atoms with Crippen LogP contribution < -0.4 is 5.32 Å². The fourth-order valence-electron chi connectivity index (χ4n) is 1.80. The molecule has 0 bridgehead atoms. The van der Waals surface area contributed by atoms with Gasteiger partial charge in [0.25, 0.3) is 5.91 Å². The molecule has 2 rings (SSSR count). The van der Waals surface area contributed by atoms with E-state index in [-0.39, 0.29) is 22.4 Å². The number of carboxylic acid groups (broad SMARTS) is 1. The Morgan fingerprint density at radius 3 is 2.29 bits per heavy atom. The molecule has 6 heteroatoms. The second kappa shape index (κ2) is 5.70. The van der Waals surface area contributed by atoms with Gasteiger partial charge in [-0.2, -0.15) is 0 Å². The van der Waals surface area contributed by atoms with E-state index < -0.39 is 23.5 Å². The minimum atomic E-state index is -1.28. The van der Waals surface area contributed by atoms with E-state index in [0.717, 1.165) is 12.1 Å². The van der Waals surface area contributed by atoms with Gasteiger partial charge in [-0.05, 0) is 30.7 Å². The maximum absolute atomic E-state index is 13.7. The lowest BCUT2D eigenvalue weighted by Gasteiger charge is -2.09. The Bertz CT molecular complexity index is 729. The molecule has 0 unspecified atom stereocenters. The zero-order chi connectivity index (χ0) is 15.6. The van der Waals surface area contributed by atoms with Crippen molar-refractivity contribution < 1.29 is 23.5 Å². The van der Waals surface area contributed by atoms with Crippen molar-refractivity contribution in [2.75, 3.05) is 5.32 Å². The molecular formula is C15H11F2NO3. The molecule has 4 nitrogen and oxygen atoms in total. The SMILES string of the molecule is Cc1cc(F)c(NC(=O)c2ccccc2C(=O)O)cc1F. The predicted molar refractivity (Wildman–Crippen MR) is 72.4 cm³/mol. The average Bonchev–Trinajstić information content (AvgIpc) is 2.44. The summed E-state index contributed by atoms with van der Waals surface area (Å²) >= 11 is 0. The summed E-state index contributed by atoms with van der Waals surface area (Å²) in [7, 11) is 0. The van der Waals surface area contributed by atoms with Gasteiger partial charge >= 0.3 is 5.97 Å². The summed E-state index contributed by atoms with van der Waals surface area (Å²) in [6, 6.07) is 7.30. The average molecular weight is 291 g/mol. The van der Waals surface area contributed by atoms with Crippen molar-refractivity contribution in [3.8, 4) is 0 Å². The number of halogens is 2. The molecule has 0 aliphatic carbocycles. The summed E-state index contributed by atoms with van der Waals surface area (Å²) in [6.07, 6.45) is 0. The topological polar surface area (TPSA) is 66.4 Å². The third kappa shape index (κ3) is 3.05. The van der Waals surface area contributed by atoms with Crippen LogP contribution in [0.2, 0.25) is 0 Å². The van der Waals surface area contributed by atoms with Gasteiger partial charge in [-0.15, -0.1) is 0 Å². The number of amides is 1. The van der Waals surface area contributed by atoms with Crippen LogP contribution in [0.5, 0.6) is 0 Å². The molecule has 0 aromatic heterocycles. The number of hydrogen-bond acceptors (Lipinski definition) is 2. The highest BCUT2D eigenvalue weighted by Crippen LogP contribution is 2.20. The summed E-state index contributed by atoms with van der Waals surface area (Å²) in [4.78, 5) is 23.1. The van der Waals surface area contributed by atoms with E-state index in [1.807, 2.05) is 0 Å². The molecule has 21 heavy (non-hydrogen) atoms. The first-order valence-corrected chi connectivity index (χ1v) is 5.99. The fourth-order valence-corrected chi connectivity index (χ4v) is 1.80. The lowest BCUT2D eigenvalue weighted by molar-refractivity contribution is 0.0692. The van der Waals surface area contributed by atoms with Crippen LogP contribution in [0.4, 0.5) is 14.5 Å². The van der Waals surface area contributed by atoms with E-state index in [4.69, 9.17) is 5.11 Å². The van der Waals surface area contributed by atoms with Gasteiger partial charge in [0.2, 0.25) is 0 Å². The molecule has 0 heterocycles. The Labute approximate surface area is 119 Å². The molecule has 108 valence electrons. The van der Waals surface area contributed by atoms with E-state index >= 15 is 0 Å². The number of anilines is 1. The Kier molecular flexibility index (Phi) is 3.98. The van der Waals surface area contributed by atoms with Crippen molar-refractivity contribution >= 4 is 17.6 Å². The number of rotatable bonds is 3. The summed E-state index contributed by atoms with van der Waals surface area (Å²) in [5, 5.41) is 11.2. The third-order valence-corrected chi connectivity index (χ3v) is 2.90. The normalized spacial score (nSPS) is 10.2. The van der Waals surface area contributed by atoms with Crippen LogP contribution in [0.3, 0.4) is 0 Å². The van der Waals surface area contributed by atoms with Crippen molar-refractivity contribution in [2.45, 2.75) is 6.92 Å². The molecule has 2 N–H and O–H groups in total. The van der Waals surface area contributed by atoms with Gasteiger partial charge in [-0.1, -0.05) is 12.1 Å². The molecule has 2 aromatic rings. The molecule has 2 aromatic carbocycles. The van der Waals surface area contributed by atoms with E-state index in [9.17, 15) is 18.4 Å². The second-order valence-corrected chi connectivity index (χ2v) is 4.39. The fraction of sp³-hybridized carbons (Fsp3) is 0.0667. The van der Waals surface area contributed by atoms with Crippen LogP contribution in [-0.4, -0.2) is 17.0 Å². The number of benzene rings is 2. The van der Waals surface area contributed by atoms with Gasteiger partial charge in [-0.25, -0.2) is 13.6 Å². The predicted octanol–water partition coefficient (Wildman–Crippen LogP) is 3.22. The Morgan fingerprint density at radius 2 is 1.67 bits per heavy atom. The van der Waals surface area contributed by atoms with Crippen LogP contribution in [-0.2, 0) is 0 Å². The van der Waals surface area contributed by atoms with Crippen LogP contribution in [0.25, 0.3) is 0 Å². The molecule has 0 spiro atoms. The minimum absolute atomic E-state index is 0.108. The first-order valence-electron chi connectivity index (χ1n) is 5.99. The third-order valence-electron chi connectivity index (χ3n) is 2.90. The van der Waals surface area contributed by atoms with Crippen molar-refractivity contribution in [3.05, 3.63) is 64.7 Å². The molecule has 0 aliphatic heterocycles. The first kappa shape index (κ1) is 14.6. The summed E-state index contributed by atoms with van der Waals surface area (Å²) in [6.45, 7) is 1.39. The lowest BCUT2D eigenvalue weighted by Crippen LogP contribution is -2.17. The quantitative estimate of drug-likeness (QED) is 0.912. The van der Waals surface area contributed by atoms with Crippen molar-refractivity contribution in [1.29, 1.82) is 0 Å². The molecule has 1 amide bonds. The van der Waals surface area contributed by atoms with Crippen LogP contribution in [0.1, 0.15) is 26.3 Å². The van der Waals surface area contributed by atoms with Crippen molar-refractivity contribution in [1.82, 2.24) is 0 Å². The smallest absolute Gasteiger partial charge is 0.336 e. The highest BCUT2D eigenvalue weighted by molar-refractivity contribution is 6.10. The monoisotopic (exact) mass is 291 g/mol. The van der Waals surface area contributed by atoms with E-state index in [1.54, 1.807) is 0 Å². The number of carboxylic acids is 1. The largest absolute Gasteiger partial charge is 0.478 e. The first-order chi connectivity index (χ1) is 9.90. The Morgan fingerprint density at radius 1 is 1.05 bits per heavy atom. The standard InChI is InChI=1S/C15H11F2NO3/c1-8-6-12(17)13(7-11(8)16)18-14(19)9-4-2-3-5-10(9)15(20)21/h2-7H,1H3,(H,18,19)(H,20,21). The minimum Gasteiger partial charge on any atom is -0.478 e. The molecule has 0 aliphatic rings. The second-order valence-electron chi connectivity index (χ2n) is 4.39. The van der Waals surface area contributed by atoms with E-state index in [2.05, 4.69) is 5.32 Å². The van der Waals surface area contributed by atoms with Crippen LogP contribution in [0.15, 0.2) is 36.4 Å². The van der Waals surface area contributed by atoms with E-state index in [0.29, 0.717) is 0 Å². The summed E-state index contributed by atoms with van der Waals surface area (Å²) < 4.78 is 27.1. The maximum Gasteiger partial charge on any atom is 0.336 e. The molecule has 0 fully saturated rings. The highest BCUT2D eigenvalue weighted by atomic mass is 19.1. The number of aromatic carboxylic acids is 1. The van der Waals surface area contributed by atoms with E-state index in [1.165, 1.54) is 31.2 Å². The highest BCUT2D eigenvalue weighted by Gasteiger charge is 2.17. The van der Waals surface area contributed by atoms with Gasteiger partial charge in [0.05, 0.1) is 16.8 Å². The number of carbonyl (C=O) groups excluding carboxylic acids is 1. The Hall–Kier alpha value is -2.76. The van der Waals surface area contributed by atoms with Gasteiger partial charge < -0.3 is 10.4 Å². The van der Waals surface area contributed by atoms with Gasteiger partial charge in [0, 0.05) is 6.07 Å². The molecular weight excluding hydrogens is 280 g/mol. The molecule has 0 atom stereocenters. The van der Waals surface area contributed by atoms with Crippen molar-refractivity contribution in [3.63, 3.8) is 0 Å². The summed E-state index contributed by atoms with van der Waals surface area (Å²) in [5.74, 6) is -3.57. The maximum atomic E-state index is 13.7. The number of aryl methyl sites for hydroxylation is 1. The van der Waals surface area contributed by atoms with Gasteiger partial charge in [0.15, 0.2) is 0 Å². The van der Waals surface area contributed by atoms with Crippen LogP contribution in [0, 0.1) is 18.6 Å². The van der Waals surface area contributed by atoms with Crippen LogP contribution >= 0.6 is 0 Å². The Balaban J connectivity index is 2.35. The summed E-state index contributed by atoms with van der Waals surface area (Å²) in [5.41, 5.74) is -0.590. The molecule has 0 radical (unpaired) electrons. The van der Waals surface area contributed by atoms with Crippen molar-refractivity contribution in [2.24, 2.45) is 0 Å². The number of nitrogens with one attached hydrogen (secondary N) is 1. The zero-order valence-electron chi connectivity index (χ0n) is 11.0. The molecule has 0 saturated carbocycles. The molecule has 0 saturated heterocycles. The zero-order valence-corrected chi connectivity index (χ0v) is 11.0. The lowest BCUT2D eigenvalue weighted by atomic mass is 10.1.